The summed E-state index contributed by atoms with van der Waals surface area (Å²) in [6.45, 7) is 0. The number of anilines is 1. The average Bonchev–Trinajstić information content (AvgIpc) is 2.20. The first-order valence-electron chi connectivity index (χ1n) is 4.41. The van der Waals surface area contributed by atoms with Crippen LogP contribution in [0.2, 0.25) is 0 Å². The molecule has 0 radical (unpaired) electrons. The van der Waals surface area contributed by atoms with E-state index in [9.17, 15) is 10.1 Å². The maximum atomic E-state index is 10.6. The van der Waals surface area contributed by atoms with Gasteiger partial charge in [0, 0.05) is 11.4 Å². The maximum Gasteiger partial charge on any atom is 0.292 e. The fraction of sp³-hybridized carbons (Fsp3) is 0.200. The third-order valence-corrected chi connectivity index (χ3v) is 2.30. The number of nitrogens with zero attached hydrogens (tertiary/aromatic N) is 1. The van der Waals surface area contributed by atoms with E-state index in [1.807, 2.05) is 12.2 Å². The van der Waals surface area contributed by atoms with Crippen LogP contribution in [0.3, 0.4) is 0 Å². The van der Waals surface area contributed by atoms with Gasteiger partial charge in [0.2, 0.25) is 0 Å². The van der Waals surface area contributed by atoms with Crippen LogP contribution in [0.1, 0.15) is 12.0 Å². The number of nitro benzene ring substituents is 1. The summed E-state index contributed by atoms with van der Waals surface area (Å²) in [4.78, 5) is 10.1. The van der Waals surface area contributed by atoms with Crippen molar-refractivity contribution in [3.05, 3.63) is 40.0 Å². The van der Waals surface area contributed by atoms with Crippen LogP contribution in [-0.4, -0.2) is 10.3 Å². The number of rotatable bonds is 4. The highest BCUT2D eigenvalue weighted by atomic mass is 79.9. The number of nitrogen functional groups attached to an aromatic ring is 1. The minimum absolute atomic E-state index is 0.0454. The number of halogens is 1. The van der Waals surface area contributed by atoms with Crippen molar-refractivity contribution in [1.82, 2.24) is 0 Å². The van der Waals surface area contributed by atoms with Crippen LogP contribution in [0, 0.1) is 10.1 Å². The Morgan fingerprint density at radius 2 is 2.27 bits per heavy atom. The molecule has 80 valence electrons. The molecule has 5 heteroatoms. The number of hydrogen-bond acceptors (Lipinski definition) is 3. The average molecular weight is 271 g/mol. The zero-order chi connectivity index (χ0) is 11.3. The molecule has 0 saturated carbocycles. The number of benzene rings is 1. The zero-order valence-electron chi connectivity index (χ0n) is 8.02. The van der Waals surface area contributed by atoms with E-state index in [-0.39, 0.29) is 11.4 Å². The third-order valence-electron chi connectivity index (χ3n) is 1.84. The molecule has 1 aromatic rings. The molecule has 4 nitrogen and oxygen atoms in total. The lowest BCUT2D eigenvalue weighted by Gasteiger charge is -1.98. The molecule has 1 aromatic carbocycles. The van der Waals surface area contributed by atoms with E-state index in [0.717, 1.165) is 17.3 Å². The Morgan fingerprint density at radius 1 is 1.53 bits per heavy atom. The van der Waals surface area contributed by atoms with Crippen molar-refractivity contribution in [2.24, 2.45) is 0 Å². The van der Waals surface area contributed by atoms with Gasteiger partial charge in [-0.25, -0.2) is 0 Å². The summed E-state index contributed by atoms with van der Waals surface area (Å²) >= 11 is 3.29. The molecule has 2 N–H and O–H groups in total. The summed E-state index contributed by atoms with van der Waals surface area (Å²) in [5, 5.41) is 11.5. The topological polar surface area (TPSA) is 69.2 Å². The first-order valence-corrected chi connectivity index (χ1v) is 5.53. The number of hydrogen-bond donors (Lipinski definition) is 1. The quantitative estimate of drug-likeness (QED) is 0.396. The highest BCUT2D eigenvalue weighted by molar-refractivity contribution is 9.09. The van der Waals surface area contributed by atoms with Gasteiger partial charge >= 0.3 is 0 Å². The first-order chi connectivity index (χ1) is 7.15. The Hall–Kier alpha value is -1.36. The van der Waals surface area contributed by atoms with Gasteiger partial charge in [-0.05, 0) is 18.1 Å². The van der Waals surface area contributed by atoms with Crippen molar-refractivity contribution in [3.8, 4) is 0 Å². The van der Waals surface area contributed by atoms with Gasteiger partial charge in [0.1, 0.15) is 5.69 Å². The van der Waals surface area contributed by atoms with Crippen molar-refractivity contribution >= 4 is 33.4 Å². The molecule has 0 aliphatic carbocycles. The van der Waals surface area contributed by atoms with Crippen LogP contribution in [-0.2, 0) is 0 Å². The van der Waals surface area contributed by atoms with E-state index < -0.39 is 4.92 Å². The zero-order valence-corrected chi connectivity index (χ0v) is 9.61. The van der Waals surface area contributed by atoms with Crippen LogP contribution < -0.4 is 5.73 Å². The molecule has 0 amide bonds. The van der Waals surface area contributed by atoms with Gasteiger partial charge < -0.3 is 5.73 Å². The molecule has 0 unspecified atom stereocenters. The predicted molar refractivity (Wildman–Crippen MR) is 65.0 cm³/mol. The van der Waals surface area contributed by atoms with E-state index >= 15 is 0 Å². The van der Waals surface area contributed by atoms with Crippen molar-refractivity contribution in [2.45, 2.75) is 6.42 Å². The minimum Gasteiger partial charge on any atom is -0.393 e. The van der Waals surface area contributed by atoms with Crippen LogP contribution in [0.5, 0.6) is 0 Å². The Balaban J connectivity index is 2.92. The lowest BCUT2D eigenvalue weighted by Crippen LogP contribution is -1.95. The second-order valence-corrected chi connectivity index (χ2v) is 3.75. The van der Waals surface area contributed by atoms with Gasteiger partial charge in [0.15, 0.2) is 0 Å². The predicted octanol–water partition coefficient (Wildman–Crippen LogP) is 2.98. The first kappa shape index (κ1) is 11.7. The molecular weight excluding hydrogens is 260 g/mol. The molecule has 0 aliphatic rings. The highest BCUT2D eigenvalue weighted by Gasteiger charge is 2.10. The molecule has 0 bridgehead atoms. The molecule has 0 aromatic heterocycles. The van der Waals surface area contributed by atoms with Gasteiger partial charge in [-0.1, -0.05) is 34.1 Å². The van der Waals surface area contributed by atoms with Crippen molar-refractivity contribution in [2.75, 3.05) is 11.1 Å². The summed E-state index contributed by atoms with van der Waals surface area (Å²) in [6.07, 6.45) is 4.68. The molecule has 0 heterocycles. The standard InChI is InChI=1S/C10H11BrN2O2/c11-6-2-1-3-8-4-5-9(12)10(7-8)13(14)15/h1,3-5,7H,2,6,12H2. The summed E-state index contributed by atoms with van der Waals surface area (Å²) in [7, 11) is 0. The molecule has 0 atom stereocenters. The molecule has 0 fully saturated rings. The van der Waals surface area contributed by atoms with Gasteiger partial charge in [0.25, 0.3) is 5.69 Å². The monoisotopic (exact) mass is 270 g/mol. The van der Waals surface area contributed by atoms with Crippen LogP contribution >= 0.6 is 15.9 Å². The summed E-state index contributed by atoms with van der Waals surface area (Å²) in [5.41, 5.74) is 6.41. The Labute approximate surface area is 96.1 Å². The molecule has 0 spiro atoms. The fourth-order valence-corrected chi connectivity index (χ4v) is 1.37. The number of nitrogens with two attached hydrogens (primary N) is 1. The normalized spacial score (nSPS) is 10.7. The summed E-state index contributed by atoms with van der Waals surface area (Å²) < 4.78 is 0. The van der Waals surface area contributed by atoms with E-state index in [1.165, 1.54) is 6.07 Å². The van der Waals surface area contributed by atoms with Gasteiger partial charge in [-0.2, -0.15) is 0 Å². The summed E-state index contributed by atoms with van der Waals surface area (Å²) in [5.74, 6) is 0. The molecule has 15 heavy (non-hydrogen) atoms. The fourth-order valence-electron chi connectivity index (χ4n) is 1.10. The SMILES string of the molecule is Nc1ccc(C=CCCBr)cc1[N+](=O)[O-]. The summed E-state index contributed by atoms with van der Waals surface area (Å²) in [6, 6.07) is 4.78. The Bertz CT molecular complexity index is 391. The molecule has 0 saturated heterocycles. The van der Waals surface area contributed by atoms with Gasteiger partial charge in [-0.3, -0.25) is 10.1 Å². The second kappa shape index (κ2) is 5.50. The molecular formula is C10H11BrN2O2. The van der Waals surface area contributed by atoms with E-state index in [4.69, 9.17) is 5.73 Å². The Kier molecular flexibility index (Phi) is 4.30. The second-order valence-electron chi connectivity index (χ2n) is 2.96. The molecule has 1 rings (SSSR count). The lowest BCUT2D eigenvalue weighted by atomic mass is 10.1. The number of allylic oxidation sites excluding steroid dienone is 1. The minimum atomic E-state index is -0.475. The van der Waals surface area contributed by atoms with Crippen LogP contribution in [0.4, 0.5) is 11.4 Å². The smallest absolute Gasteiger partial charge is 0.292 e. The lowest BCUT2D eigenvalue weighted by molar-refractivity contribution is -0.383. The van der Waals surface area contributed by atoms with E-state index in [0.29, 0.717) is 0 Å². The van der Waals surface area contributed by atoms with Gasteiger partial charge in [0.05, 0.1) is 4.92 Å². The third kappa shape index (κ3) is 3.36. The van der Waals surface area contributed by atoms with Crippen molar-refractivity contribution in [1.29, 1.82) is 0 Å². The van der Waals surface area contributed by atoms with Crippen molar-refractivity contribution in [3.63, 3.8) is 0 Å². The van der Waals surface area contributed by atoms with E-state index in [1.54, 1.807) is 12.1 Å². The largest absolute Gasteiger partial charge is 0.393 e. The number of nitro groups is 1. The van der Waals surface area contributed by atoms with Crippen molar-refractivity contribution < 1.29 is 4.92 Å². The Morgan fingerprint density at radius 3 is 2.87 bits per heavy atom. The maximum absolute atomic E-state index is 10.6. The highest BCUT2D eigenvalue weighted by Crippen LogP contribution is 2.22. The van der Waals surface area contributed by atoms with Crippen LogP contribution in [0.15, 0.2) is 24.3 Å². The van der Waals surface area contributed by atoms with Gasteiger partial charge in [-0.15, -0.1) is 0 Å². The van der Waals surface area contributed by atoms with Crippen LogP contribution in [0.25, 0.3) is 6.08 Å². The molecule has 0 aliphatic heterocycles. The number of alkyl halides is 1. The van der Waals surface area contributed by atoms with E-state index in [2.05, 4.69) is 15.9 Å².